The molecule has 1 aromatic heterocycles. The number of fused-ring (bicyclic) bond motifs is 3. The van der Waals surface area contributed by atoms with Gasteiger partial charge < -0.3 is 19.6 Å². The van der Waals surface area contributed by atoms with E-state index in [1.807, 2.05) is 43.3 Å². The molecule has 0 bridgehead atoms. The van der Waals surface area contributed by atoms with E-state index < -0.39 is 11.6 Å². The van der Waals surface area contributed by atoms with Gasteiger partial charge >= 0.3 is 0 Å². The lowest BCUT2D eigenvalue weighted by Crippen LogP contribution is -2.42. The number of aromatic nitrogens is 1. The number of aliphatic carboxylic acids is 1. The van der Waals surface area contributed by atoms with E-state index in [0.29, 0.717) is 13.0 Å². The second kappa shape index (κ2) is 6.61. The Morgan fingerprint density at radius 3 is 2.65 bits per heavy atom. The van der Waals surface area contributed by atoms with Crippen molar-refractivity contribution in [1.82, 2.24) is 4.98 Å². The summed E-state index contributed by atoms with van der Waals surface area (Å²) in [6.45, 7) is 2.47. The van der Waals surface area contributed by atoms with Gasteiger partial charge in [0.25, 0.3) is 0 Å². The van der Waals surface area contributed by atoms with E-state index in [9.17, 15) is 9.90 Å². The molecule has 4 heteroatoms. The maximum Gasteiger partial charge on any atom is 0.113 e. The maximum atomic E-state index is 11.4. The number of H-pyrrole nitrogens is 1. The molecule has 4 nitrogen and oxygen atoms in total. The summed E-state index contributed by atoms with van der Waals surface area (Å²) in [7, 11) is 0. The molecule has 1 N–H and O–H groups in total. The summed E-state index contributed by atoms with van der Waals surface area (Å²) in [6.07, 6.45) is 1.31. The molecule has 0 radical (unpaired) electrons. The highest BCUT2D eigenvalue weighted by Crippen LogP contribution is 2.46. The third-order valence-electron chi connectivity index (χ3n) is 5.50. The first-order chi connectivity index (χ1) is 12.6. The minimum Gasteiger partial charge on any atom is -0.550 e. The molecule has 0 spiro atoms. The molecule has 1 aliphatic rings. The van der Waals surface area contributed by atoms with Crippen LogP contribution in [0, 0.1) is 0 Å². The number of hydrogen-bond donors (Lipinski definition) is 1. The van der Waals surface area contributed by atoms with Crippen LogP contribution in [0.2, 0.25) is 0 Å². The van der Waals surface area contributed by atoms with Crippen LogP contribution >= 0.6 is 0 Å². The summed E-state index contributed by atoms with van der Waals surface area (Å²) in [4.78, 5) is 14.9. The van der Waals surface area contributed by atoms with Gasteiger partial charge in [0.1, 0.15) is 5.60 Å². The molecule has 1 aliphatic heterocycles. The molecule has 0 aliphatic carbocycles. The molecule has 26 heavy (non-hydrogen) atoms. The number of aromatic amines is 1. The monoisotopic (exact) mass is 348 g/mol. The number of benzene rings is 2. The van der Waals surface area contributed by atoms with Crippen LogP contribution in [0.4, 0.5) is 0 Å². The van der Waals surface area contributed by atoms with Crippen molar-refractivity contribution in [3.63, 3.8) is 0 Å². The van der Waals surface area contributed by atoms with Gasteiger partial charge in [-0.2, -0.15) is 0 Å². The first-order valence-corrected chi connectivity index (χ1v) is 9.12. The summed E-state index contributed by atoms with van der Waals surface area (Å²) in [5.74, 6) is -0.900. The van der Waals surface area contributed by atoms with E-state index in [2.05, 4.69) is 23.2 Å². The van der Waals surface area contributed by atoms with Gasteiger partial charge in [0, 0.05) is 29.2 Å². The summed E-state index contributed by atoms with van der Waals surface area (Å²) >= 11 is 0. The molecule has 2 aromatic carbocycles. The standard InChI is InChI=1S/C22H23NO3/c1-2-22(13-19(24)25)21-20(17-10-6-7-11-18(17)23-21)16(14-26-22)12-15-8-4-3-5-9-15/h3-11,16,23H,2,12-14H2,1H3,(H,24,25)/p-1/t16-,22+/m1/s1. The highest BCUT2D eigenvalue weighted by Gasteiger charge is 2.42. The predicted octanol–water partition coefficient (Wildman–Crippen LogP) is 3.27. The average molecular weight is 348 g/mol. The van der Waals surface area contributed by atoms with Crippen LogP contribution in [-0.2, 0) is 21.6 Å². The largest absolute Gasteiger partial charge is 0.550 e. The molecule has 0 unspecified atom stereocenters. The van der Waals surface area contributed by atoms with Crippen molar-refractivity contribution < 1.29 is 14.6 Å². The Kier molecular flexibility index (Phi) is 4.29. The van der Waals surface area contributed by atoms with Crippen molar-refractivity contribution in [2.24, 2.45) is 0 Å². The Balaban J connectivity index is 1.85. The first-order valence-electron chi connectivity index (χ1n) is 9.12. The lowest BCUT2D eigenvalue weighted by molar-refractivity contribution is -0.311. The Morgan fingerprint density at radius 1 is 1.19 bits per heavy atom. The number of carbonyl (C=O) groups is 1. The van der Waals surface area contributed by atoms with Gasteiger partial charge in [-0.1, -0.05) is 55.5 Å². The Bertz CT molecular complexity index is 931. The molecule has 0 amide bonds. The number of nitrogens with one attached hydrogen (secondary N) is 1. The van der Waals surface area contributed by atoms with Crippen LogP contribution in [-0.4, -0.2) is 17.6 Å². The zero-order chi connectivity index (χ0) is 18.1. The number of rotatable bonds is 5. The predicted molar refractivity (Wildman–Crippen MR) is 98.7 cm³/mol. The molecule has 2 heterocycles. The van der Waals surface area contributed by atoms with Crippen molar-refractivity contribution in [3.8, 4) is 0 Å². The molecule has 0 saturated carbocycles. The third-order valence-corrected chi connectivity index (χ3v) is 5.50. The number of carbonyl (C=O) groups excluding carboxylic acids is 1. The molecule has 0 fully saturated rings. The number of carboxylic acid groups (broad SMARTS) is 1. The minimum absolute atomic E-state index is 0.138. The summed E-state index contributed by atoms with van der Waals surface area (Å²) < 4.78 is 6.21. The summed E-state index contributed by atoms with van der Waals surface area (Å²) in [5.41, 5.74) is 3.52. The van der Waals surface area contributed by atoms with Crippen molar-refractivity contribution in [3.05, 3.63) is 71.4 Å². The van der Waals surface area contributed by atoms with Crippen LogP contribution in [0.3, 0.4) is 0 Å². The van der Waals surface area contributed by atoms with Crippen molar-refractivity contribution in [2.75, 3.05) is 6.61 Å². The zero-order valence-electron chi connectivity index (χ0n) is 14.8. The quantitative estimate of drug-likeness (QED) is 0.770. The zero-order valence-corrected chi connectivity index (χ0v) is 14.8. The number of carboxylic acids is 1. The second-order valence-corrected chi connectivity index (χ2v) is 7.05. The smallest absolute Gasteiger partial charge is 0.113 e. The van der Waals surface area contributed by atoms with Gasteiger partial charge in [-0.05, 0) is 30.0 Å². The lowest BCUT2D eigenvalue weighted by atomic mass is 9.80. The molecule has 134 valence electrons. The lowest BCUT2D eigenvalue weighted by Gasteiger charge is -2.40. The van der Waals surface area contributed by atoms with E-state index in [-0.39, 0.29) is 12.3 Å². The molecule has 2 atom stereocenters. The average Bonchev–Trinajstić information content (AvgIpc) is 3.05. The Labute approximate surface area is 152 Å². The van der Waals surface area contributed by atoms with Gasteiger partial charge in [-0.25, -0.2) is 0 Å². The topological polar surface area (TPSA) is 65.2 Å². The second-order valence-electron chi connectivity index (χ2n) is 7.05. The van der Waals surface area contributed by atoms with E-state index in [0.717, 1.165) is 23.0 Å². The summed E-state index contributed by atoms with van der Waals surface area (Å²) in [6, 6.07) is 18.5. The first kappa shape index (κ1) is 16.9. The maximum absolute atomic E-state index is 11.4. The fraction of sp³-hybridized carbons (Fsp3) is 0.318. The SMILES string of the molecule is CC[C@@]1(CC(=O)[O-])OC[C@@H](Cc2ccccc2)c2c1[nH]c1ccccc21. The van der Waals surface area contributed by atoms with Crippen LogP contribution in [0.1, 0.15) is 42.5 Å². The number of para-hydroxylation sites is 1. The summed E-state index contributed by atoms with van der Waals surface area (Å²) in [5, 5.41) is 12.6. The Hall–Kier alpha value is -2.59. The van der Waals surface area contributed by atoms with E-state index >= 15 is 0 Å². The van der Waals surface area contributed by atoms with Gasteiger partial charge in [0.15, 0.2) is 0 Å². The fourth-order valence-corrected chi connectivity index (χ4v) is 4.20. The molecular weight excluding hydrogens is 326 g/mol. The highest BCUT2D eigenvalue weighted by molar-refractivity contribution is 5.86. The van der Waals surface area contributed by atoms with E-state index in [1.165, 1.54) is 11.1 Å². The molecule has 3 aromatic rings. The van der Waals surface area contributed by atoms with Gasteiger partial charge in [-0.3, -0.25) is 0 Å². The minimum atomic E-state index is -1.09. The van der Waals surface area contributed by atoms with Crippen LogP contribution in [0.5, 0.6) is 0 Å². The molecular formula is C22H22NO3-. The van der Waals surface area contributed by atoms with Crippen LogP contribution in [0.15, 0.2) is 54.6 Å². The number of ether oxygens (including phenoxy) is 1. The fourth-order valence-electron chi connectivity index (χ4n) is 4.20. The van der Waals surface area contributed by atoms with Crippen molar-refractivity contribution >= 4 is 16.9 Å². The van der Waals surface area contributed by atoms with Gasteiger partial charge in [-0.15, -0.1) is 0 Å². The van der Waals surface area contributed by atoms with Crippen molar-refractivity contribution in [2.45, 2.75) is 37.7 Å². The number of hydrogen-bond acceptors (Lipinski definition) is 3. The van der Waals surface area contributed by atoms with Crippen molar-refractivity contribution in [1.29, 1.82) is 0 Å². The van der Waals surface area contributed by atoms with Gasteiger partial charge in [0.05, 0.1) is 12.3 Å². The van der Waals surface area contributed by atoms with E-state index in [1.54, 1.807) is 0 Å². The van der Waals surface area contributed by atoms with Gasteiger partial charge in [0.2, 0.25) is 0 Å². The Morgan fingerprint density at radius 2 is 1.92 bits per heavy atom. The third kappa shape index (κ3) is 2.80. The normalized spacial score (nSPS) is 22.3. The highest BCUT2D eigenvalue weighted by atomic mass is 16.5. The van der Waals surface area contributed by atoms with E-state index in [4.69, 9.17) is 4.74 Å². The molecule has 4 rings (SSSR count). The molecule has 0 saturated heterocycles. The van der Waals surface area contributed by atoms with Crippen LogP contribution in [0.25, 0.3) is 10.9 Å². The van der Waals surface area contributed by atoms with Crippen LogP contribution < -0.4 is 5.11 Å².